The number of carbonyl (C=O) groups excluding carboxylic acids is 1. The lowest BCUT2D eigenvalue weighted by atomic mass is 10.1. The van der Waals surface area contributed by atoms with Crippen LogP contribution >= 0.6 is 39.7 Å². The number of aliphatic hydroxyl groups excluding tert-OH is 1. The van der Waals surface area contributed by atoms with E-state index in [1.807, 2.05) is 6.07 Å². The lowest BCUT2D eigenvalue weighted by molar-refractivity contribution is 0.0931. The minimum Gasteiger partial charge on any atom is -0.391 e. The van der Waals surface area contributed by atoms with Gasteiger partial charge in [0, 0.05) is 25.6 Å². The fourth-order valence-corrected chi connectivity index (χ4v) is 2.98. The first-order chi connectivity index (χ1) is 7.66. The highest BCUT2D eigenvalue weighted by Gasteiger charge is 2.25. The molecule has 0 saturated carbocycles. The Labute approximate surface area is 118 Å². The highest BCUT2D eigenvalue weighted by atomic mass is 79.9. The molecule has 96 valence electrons. The third kappa shape index (κ3) is 3.93. The molecule has 1 aliphatic rings. The van der Waals surface area contributed by atoms with E-state index in [0.717, 1.165) is 10.3 Å². The lowest BCUT2D eigenvalue weighted by Gasteiger charge is -2.13. The number of halogens is 2. The van der Waals surface area contributed by atoms with Crippen LogP contribution in [0.2, 0.25) is 0 Å². The highest BCUT2D eigenvalue weighted by molar-refractivity contribution is 9.11. The molecular formula is C10H14BrClN2O2S. The Bertz CT molecular complexity index is 388. The number of carbonyl (C=O) groups is 1. The van der Waals surface area contributed by atoms with E-state index in [9.17, 15) is 9.90 Å². The molecule has 2 unspecified atom stereocenters. The number of rotatable bonds is 3. The van der Waals surface area contributed by atoms with Crippen molar-refractivity contribution in [3.8, 4) is 0 Å². The summed E-state index contributed by atoms with van der Waals surface area (Å²) in [6.07, 6.45) is -0.352. The van der Waals surface area contributed by atoms with Crippen LogP contribution in [-0.2, 0) is 0 Å². The van der Waals surface area contributed by atoms with Gasteiger partial charge in [-0.1, -0.05) is 0 Å². The maximum atomic E-state index is 11.7. The molecular weight excluding hydrogens is 328 g/mol. The number of hydrogen-bond donors (Lipinski definition) is 3. The van der Waals surface area contributed by atoms with Gasteiger partial charge in [-0.25, -0.2) is 0 Å². The van der Waals surface area contributed by atoms with Gasteiger partial charge >= 0.3 is 0 Å². The van der Waals surface area contributed by atoms with Crippen LogP contribution in [0.1, 0.15) is 9.67 Å². The van der Waals surface area contributed by atoms with Gasteiger partial charge in [0.2, 0.25) is 0 Å². The van der Waals surface area contributed by atoms with E-state index >= 15 is 0 Å². The van der Waals surface area contributed by atoms with Gasteiger partial charge in [0.1, 0.15) is 0 Å². The summed E-state index contributed by atoms with van der Waals surface area (Å²) in [5.41, 5.74) is 0. The maximum absolute atomic E-state index is 11.7. The molecule has 3 N–H and O–H groups in total. The molecule has 1 aromatic heterocycles. The summed E-state index contributed by atoms with van der Waals surface area (Å²) in [6, 6.07) is 3.64. The normalized spacial score (nSPS) is 23.2. The number of nitrogens with one attached hydrogen (secondary N) is 2. The summed E-state index contributed by atoms with van der Waals surface area (Å²) >= 11 is 4.72. The second-order valence-electron chi connectivity index (χ2n) is 3.80. The van der Waals surface area contributed by atoms with Crippen molar-refractivity contribution in [3.05, 3.63) is 20.8 Å². The monoisotopic (exact) mass is 340 g/mol. The van der Waals surface area contributed by atoms with Crippen LogP contribution in [0.25, 0.3) is 0 Å². The Balaban J connectivity index is 0.00000144. The molecule has 0 spiro atoms. The van der Waals surface area contributed by atoms with Crippen molar-refractivity contribution in [2.75, 3.05) is 19.6 Å². The van der Waals surface area contributed by atoms with Gasteiger partial charge in [-0.3, -0.25) is 4.79 Å². The van der Waals surface area contributed by atoms with Crippen LogP contribution in [0.5, 0.6) is 0 Å². The summed E-state index contributed by atoms with van der Waals surface area (Å²) in [4.78, 5) is 12.4. The van der Waals surface area contributed by atoms with Crippen molar-refractivity contribution >= 4 is 45.6 Å². The maximum Gasteiger partial charge on any atom is 0.261 e. The van der Waals surface area contributed by atoms with E-state index in [4.69, 9.17) is 0 Å². The Hall–Kier alpha value is -0.140. The SMILES string of the molecule is Cl.O=C(NCC1CNCC1O)c1ccc(Br)s1. The molecule has 0 bridgehead atoms. The zero-order valence-corrected chi connectivity index (χ0v) is 12.2. The molecule has 2 atom stereocenters. The van der Waals surface area contributed by atoms with Crippen LogP contribution in [0.3, 0.4) is 0 Å². The molecule has 2 rings (SSSR count). The molecule has 4 nitrogen and oxygen atoms in total. The average molecular weight is 342 g/mol. The summed E-state index contributed by atoms with van der Waals surface area (Å²) in [5, 5.41) is 15.5. The molecule has 17 heavy (non-hydrogen) atoms. The van der Waals surface area contributed by atoms with E-state index in [2.05, 4.69) is 26.6 Å². The van der Waals surface area contributed by atoms with Crippen molar-refractivity contribution in [2.24, 2.45) is 5.92 Å². The van der Waals surface area contributed by atoms with E-state index in [1.165, 1.54) is 11.3 Å². The highest BCUT2D eigenvalue weighted by Crippen LogP contribution is 2.21. The molecule has 0 aromatic carbocycles. The summed E-state index contributed by atoms with van der Waals surface area (Å²) in [7, 11) is 0. The standard InChI is InChI=1S/C10H13BrN2O2S.ClH/c11-9-2-1-8(16-9)10(15)13-4-6-3-12-5-7(6)14;/h1-2,6-7,12,14H,3-5H2,(H,13,15);1H. The molecule has 0 aliphatic carbocycles. The van der Waals surface area contributed by atoms with Gasteiger partial charge in [-0.05, 0) is 28.1 Å². The van der Waals surface area contributed by atoms with Gasteiger partial charge in [-0.2, -0.15) is 0 Å². The molecule has 2 heterocycles. The third-order valence-corrected chi connectivity index (χ3v) is 4.25. The van der Waals surface area contributed by atoms with Crippen molar-refractivity contribution in [3.63, 3.8) is 0 Å². The molecule has 1 aliphatic heterocycles. The largest absolute Gasteiger partial charge is 0.391 e. The summed E-state index contributed by atoms with van der Waals surface area (Å²) in [5.74, 6) is 0.0437. The fourth-order valence-electron chi connectivity index (χ4n) is 1.67. The summed E-state index contributed by atoms with van der Waals surface area (Å²) in [6.45, 7) is 1.89. The molecule has 1 fully saturated rings. The van der Waals surface area contributed by atoms with Crippen LogP contribution in [0.4, 0.5) is 0 Å². The Kier molecular flexibility index (Phi) is 5.88. The van der Waals surface area contributed by atoms with E-state index in [1.54, 1.807) is 6.07 Å². The van der Waals surface area contributed by atoms with Crippen LogP contribution in [-0.4, -0.2) is 36.8 Å². The van der Waals surface area contributed by atoms with Crippen LogP contribution in [0, 0.1) is 5.92 Å². The quantitative estimate of drug-likeness (QED) is 0.775. The Morgan fingerprint density at radius 3 is 2.88 bits per heavy atom. The van der Waals surface area contributed by atoms with Crippen LogP contribution < -0.4 is 10.6 Å². The average Bonchev–Trinajstić information content (AvgIpc) is 2.84. The minimum absolute atomic E-state index is 0. The van der Waals surface area contributed by atoms with Gasteiger partial charge in [0.25, 0.3) is 5.91 Å². The van der Waals surface area contributed by atoms with E-state index in [0.29, 0.717) is 18.0 Å². The van der Waals surface area contributed by atoms with Gasteiger partial charge in [0.05, 0.1) is 14.8 Å². The Morgan fingerprint density at radius 2 is 2.35 bits per heavy atom. The molecule has 1 amide bonds. The lowest BCUT2D eigenvalue weighted by Crippen LogP contribution is -2.33. The number of β-amino-alcohol motifs (C(OH)–C–C–N with tert-alkyl or cyclic N) is 1. The topological polar surface area (TPSA) is 61.4 Å². The number of hydrogen-bond acceptors (Lipinski definition) is 4. The van der Waals surface area contributed by atoms with Crippen molar-refractivity contribution in [1.29, 1.82) is 0 Å². The van der Waals surface area contributed by atoms with E-state index < -0.39 is 0 Å². The smallest absolute Gasteiger partial charge is 0.261 e. The van der Waals surface area contributed by atoms with Gasteiger partial charge in [-0.15, -0.1) is 23.7 Å². The van der Waals surface area contributed by atoms with Crippen molar-refractivity contribution in [2.45, 2.75) is 6.10 Å². The summed E-state index contributed by atoms with van der Waals surface area (Å²) < 4.78 is 0.945. The van der Waals surface area contributed by atoms with Gasteiger partial charge in [0.15, 0.2) is 0 Å². The van der Waals surface area contributed by atoms with Crippen molar-refractivity contribution < 1.29 is 9.90 Å². The number of amides is 1. The molecule has 0 radical (unpaired) electrons. The number of thiophene rings is 1. The predicted molar refractivity (Wildman–Crippen MR) is 74.0 cm³/mol. The second kappa shape index (κ2) is 6.70. The number of aliphatic hydroxyl groups is 1. The Morgan fingerprint density at radius 1 is 1.59 bits per heavy atom. The zero-order valence-electron chi connectivity index (χ0n) is 8.98. The third-order valence-electron chi connectivity index (χ3n) is 2.63. The molecule has 7 heteroatoms. The first-order valence-corrected chi connectivity index (χ1v) is 6.70. The van der Waals surface area contributed by atoms with Crippen LogP contribution in [0.15, 0.2) is 15.9 Å². The first-order valence-electron chi connectivity index (χ1n) is 5.09. The second-order valence-corrected chi connectivity index (χ2v) is 6.26. The zero-order chi connectivity index (χ0) is 11.5. The van der Waals surface area contributed by atoms with E-state index in [-0.39, 0.29) is 30.3 Å². The first kappa shape index (κ1) is 14.9. The fraction of sp³-hybridized carbons (Fsp3) is 0.500. The molecule has 1 aromatic rings. The van der Waals surface area contributed by atoms with Gasteiger partial charge < -0.3 is 15.7 Å². The molecule has 1 saturated heterocycles. The minimum atomic E-state index is -0.352. The van der Waals surface area contributed by atoms with Crippen molar-refractivity contribution in [1.82, 2.24) is 10.6 Å². The predicted octanol–water partition coefficient (Wildman–Crippen LogP) is 1.24.